The molecule has 2 N–H and O–H groups in total. The first-order chi connectivity index (χ1) is 11.3. The minimum absolute atomic E-state index is 0.0192. The molecule has 4 aliphatic rings. The fraction of sp³-hybridized carbons (Fsp3) is 0.950. The Hall–Kier alpha value is -0.610. The Labute approximate surface area is 145 Å². The van der Waals surface area contributed by atoms with Crippen LogP contribution in [0.25, 0.3) is 0 Å². The molecule has 136 valence electrons. The van der Waals surface area contributed by atoms with E-state index in [9.17, 15) is 15.0 Å². The predicted molar refractivity (Wildman–Crippen MR) is 90.0 cm³/mol. The standard InChI is InChI=1S/C20H32O4/c1-11-12-4-5-16-19(2)10-13(21)8-14(18(23)24-3)15(19)6-7-20(16,9-12)17(11)22/h11-17,21-22H,4-10H2,1-3H3/t11-,12-,13-,14-,15-,16+,17+,19-,20-/m1/s1. The molecule has 4 aliphatic carbocycles. The molecule has 0 radical (unpaired) electrons. The molecule has 0 aromatic carbocycles. The summed E-state index contributed by atoms with van der Waals surface area (Å²) in [7, 11) is 1.46. The van der Waals surface area contributed by atoms with Gasteiger partial charge in [0.15, 0.2) is 0 Å². The van der Waals surface area contributed by atoms with Crippen molar-refractivity contribution in [1.29, 1.82) is 0 Å². The van der Waals surface area contributed by atoms with Gasteiger partial charge in [-0.05, 0) is 74.0 Å². The monoisotopic (exact) mass is 336 g/mol. The van der Waals surface area contributed by atoms with E-state index < -0.39 is 6.10 Å². The average molecular weight is 336 g/mol. The number of aliphatic hydroxyl groups excluding tert-OH is 2. The van der Waals surface area contributed by atoms with Crippen LogP contribution in [0.4, 0.5) is 0 Å². The fourth-order valence-corrected chi connectivity index (χ4v) is 7.80. The zero-order valence-electron chi connectivity index (χ0n) is 15.2. The van der Waals surface area contributed by atoms with Crippen molar-refractivity contribution in [2.45, 2.75) is 71.0 Å². The molecule has 2 bridgehead atoms. The molecule has 4 rings (SSSR count). The summed E-state index contributed by atoms with van der Waals surface area (Å²) < 4.78 is 5.07. The van der Waals surface area contributed by atoms with Crippen molar-refractivity contribution in [3.05, 3.63) is 0 Å². The number of carbonyl (C=O) groups is 1. The Morgan fingerprint density at radius 3 is 2.62 bits per heavy atom. The van der Waals surface area contributed by atoms with Crippen LogP contribution in [-0.4, -0.2) is 35.5 Å². The van der Waals surface area contributed by atoms with Gasteiger partial charge in [0.05, 0.1) is 25.2 Å². The molecule has 0 aromatic heterocycles. The van der Waals surface area contributed by atoms with Crippen molar-refractivity contribution >= 4 is 5.97 Å². The van der Waals surface area contributed by atoms with E-state index in [1.54, 1.807) is 0 Å². The molecule has 4 heteroatoms. The second kappa shape index (κ2) is 5.44. The van der Waals surface area contributed by atoms with Gasteiger partial charge in [0.1, 0.15) is 0 Å². The normalized spacial score (nSPS) is 56.3. The van der Waals surface area contributed by atoms with Gasteiger partial charge in [-0.2, -0.15) is 0 Å². The number of hydrogen-bond donors (Lipinski definition) is 2. The van der Waals surface area contributed by atoms with Gasteiger partial charge in [0, 0.05) is 5.41 Å². The van der Waals surface area contributed by atoms with Crippen molar-refractivity contribution in [1.82, 2.24) is 0 Å². The first kappa shape index (κ1) is 16.8. The van der Waals surface area contributed by atoms with E-state index in [4.69, 9.17) is 4.74 Å². The van der Waals surface area contributed by atoms with E-state index in [0.717, 1.165) is 32.1 Å². The molecule has 4 saturated carbocycles. The van der Waals surface area contributed by atoms with Crippen molar-refractivity contribution < 1.29 is 19.7 Å². The topological polar surface area (TPSA) is 66.8 Å². The van der Waals surface area contributed by atoms with Gasteiger partial charge in [-0.15, -0.1) is 0 Å². The minimum Gasteiger partial charge on any atom is -0.469 e. The van der Waals surface area contributed by atoms with Crippen LogP contribution in [0, 0.1) is 40.4 Å². The summed E-state index contributed by atoms with van der Waals surface area (Å²) in [6, 6.07) is 0. The lowest BCUT2D eigenvalue weighted by Crippen LogP contribution is -2.59. The maximum atomic E-state index is 12.4. The fourth-order valence-electron chi connectivity index (χ4n) is 7.80. The van der Waals surface area contributed by atoms with Crippen LogP contribution in [-0.2, 0) is 9.53 Å². The van der Waals surface area contributed by atoms with Crippen molar-refractivity contribution in [2.24, 2.45) is 40.4 Å². The highest BCUT2D eigenvalue weighted by atomic mass is 16.5. The number of rotatable bonds is 1. The zero-order chi connectivity index (χ0) is 17.3. The van der Waals surface area contributed by atoms with Crippen LogP contribution in [0.5, 0.6) is 0 Å². The molecular weight excluding hydrogens is 304 g/mol. The van der Waals surface area contributed by atoms with Gasteiger partial charge in [0.2, 0.25) is 0 Å². The number of fused-ring (bicyclic) bond motifs is 3. The summed E-state index contributed by atoms with van der Waals surface area (Å²) in [6.07, 6.45) is 6.13. The zero-order valence-corrected chi connectivity index (χ0v) is 15.2. The van der Waals surface area contributed by atoms with Crippen LogP contribution in [0.3, 0.4) is 0 Å². The summed E-state index contributed by atoms with van der Waals surface area (Å²) in [4.78, 5) is 12.4. The Balaban J connectivity index is 1.73. The first-order valence-corrected chi connectivity index (χ1v) is 9.77. The molecule has 9 atom stereocenters. The Bertz CT molecular complexity index is 534. The largest absolute Gasteiger partial charge is 0.469 e. The lowest BCUT2D eigenvalue weighted by molar-refractivity contribution is -0.187. The molecule has 0 amide bonds. The lowest BCUT2D eigenvalue weighted by Gasteiger charge is -2.62. The molecule has 1 spiro atoms. The number of ether oxygens (including phenoxy) is 1. The van der Waals surface area contributed by atoms with Gasteiger partial charge in [-0.25, -0.2) is 0 Å². The highest BCUT2D eigenvalue weighted by Crippen LogP contribution is 2.70. The maximum absolute atomic E-state index is 12.4. The third-order valence-corrected chi connectivity index (χ3v) is 8.75. The van der Waals surface area contributed by atoms with E-state index in [-0.39, 0.29) is 34.7 Å². The molecular formula is C20H32O4. The van der Waals surface area contributed by atoms with Crippen LogP contribution in [0.15, 0.2) is 0 Å². The molecule has 0 heterocycles. The summed E-state index contributed by atoms with van der Waals surface area (Å²) in [5.74, 6) is 1.40. The molecule has 0 unspecified atom stereocenters. The summed E-state index contributed by atoms with van der Waals surface area (Å²) in [6.45, 7) is 4.51. The number of methoxy groups -OCH3 is 1. The highest BCUT2D eigenvalue weighted by Gasteiger charge is 2.67. The van der Waals surface area contributed by atoms with E-state index in [2.05, 4.69) is 13.8 Å². The van der Waals surface area contributed by atoms with Crippen LogP contribution in [0.1, 0.15) is 58.8 Å². The third kappa shape index (κ3) is 2.02. The molecule has 24 heavy (non-hydrogen) atoms. The summed E-state index contributed by atoms with van der Waals surface area (Å²) >= 11 is 0. The number of aliphatic hydroxyl groups is 2. The van der Waals surface area contributed by atoms with E-state index >= 15 is 0 Å². The van der Waals surface area contributed by atoms with Gasteiger partial charge in [0.25, 0.3) is 0 Å². The van der Waals surface area contributed by atoms with E-state index in [0.29, 0.717) is 24.2 Å². The minimum atomic E-state index is -0.431. The van der Waals surface area contributed by atoms with Crippen LogP contribution < -0.4 is 0 Å². The maximum Gasteiger partial charge on any atom is 0.309 e. The van der Waals surface area contributed by atoms with Gasteiger partial charge >= 0.3 is 5.97 Å². The highest BCUT2D eigenvalue weighted by molar-refractivity contribution is 5.73. The third-order valence-electron chi connectivity index (χ3n) is 8.75. The Morgan fingerprint density at radius 2 is 1.92 bits per heavy atom. The molecule has 0 saturated heterocycles. The van der Waals surface area contributed by atoms with Gasteiger partial charge < -0.3 is 14.9 Å². The molecule has 4 nitrogen and oxygen atoms in total. The number of esters is 1. The predicted octanol–water partition coefficient (Wildman–Crippen LogP) is 2.76. The molecule has 0 aromatic rings. The van der Waals surface area contributed by atoms with Crippen LogP contribution in [0.2, 0.25) is 0 Å². The molecule has 4 fully saturated rings. The van der Waals surface area contributed by atoms with E-state index in [1.165, 1.54) is 13.5 Å². The molecule has 0 aliphatic heterocycles. The smallest absolute Gasteiger partial charge is 0.309 e. The lowest BCUT2D eigenvalue weighted by atomic mass is 9.43. The SMILES string of the molecule is COC(=O)[C@@H]1C[C@@H](O)C[C@]2(C)[C@@H]1CC[C@@]13C[C@@H](CC[C@@H]21)[C@@H](C)[C@@H]3O. The Morgan fingerprint density at radius 1 is 1.17 bits per heavy atom. The number of hydrogen-bond acceptors (Lipinski definition) is 4. The first-order valence-electron chi connectivity index (χ1n) is 9.77. The van der Waals surface area contributed by atoms with Crippen LogP contribution >= 0.6 is 0 Å². The Kier molecular flexibility index (Phi) is 3.82. The summed E-state index contributed by atoms with van der Waals surface area (Å²) in [5, 5.41) is 21.6. The second-order valence-electron chi connectivity index (χ2n) is 9.51. The summed E-state index contributed by atoms with van der Waals surface area (Å²) in [5.41, 5.74) is -0.0455. The number of carbonyl (C=O) groups excluding carboxylic acids is 1. The quantitative estimate of drug-likeness (QED) is 0.723. The van der Waals surface area contributed by atoms with Crippen molar-refractivity contribution in [3.8, 4) is 0 Å². The van der Waals surface area contributed by atoms with Gasteiger partial charge in [-0.3, -0.25) is 4.79 Å². The van der Waals surface area contributed by atoms with E-state index in [1.807, 2.05) is 0 Å². The average Bonchev–Trinajstić information content (AvgIpc) is 2.73. The van der Waals surface area contributed by atoms with Crippen molar-refractivity contribution in [2.75, 3.05) is 7.11 Å². The second-order valence-corrected chi connectivity index (χ2v) is 9.51. The van der Waals surface area contributed by atoms with Crippen molar-refractivity contribution in [3.63, 3.8) is 0 Å². The van der Waals surface area contributed by atoms with Gasteiger partial charge in [-0.1, -0.05) is 13.8 Å².